The summed E-state index contributed by atoms with van der Waals surface area (Å²) >= 11 is 0. The predicted molar refractivity (Wildman–Crippen MR) is 39.6 cm³/mol. The van der Waals surface area contributed by atoms with Crippen LogP contribution in [0.1, 0.15) is 27.2 Å². The minimum absolute atomic E-state index is 0. The molecule has 4 heteroatoms. The van der Waals surface area contributed by atoms with Crippen LogP contribution in [0.5, 0.6) is 0 Å². The fraction of sp³-hybridized carbons (Fsp3) is 0.625. The number of carboxylic acid groups (broad SMARTS) is 1. The van der Waals surface area contributed by atoms with Crippen LogP contribution in [-0.4, -0.2) is 12.1 Å². The molecule has 1 unspecified atom stereocenters. The summed E-state index contributed by atoms with van der Waals surface area (Å²) in [7, 11) is 0. The van der Waals surface area contributed by atoms with E-state index in [9.17, 15) is 15.0 Å². The van der Waals surface area contributed by atoms with Crippen molar-refractivity contribution >= 4 is 5.97 Å². The molecule has 0 fully saturated rings. The van der Waals surface area contributed by atoms with Gasteiger partial charge in [-0.2, -0.15) is 0 Å². The molecule has 0 radical (unpaired) electrons. The first-order chi connectivity index (χ1) is 4.91. The van der Waals surface area contributed by atoms with Crippen LogP contribution < -0.4 is 10.2 Å². The first-order valence-corrected chi connectivity index (χ1v) is 3.44. The van der Waals surface area contributed by atoms with Crippen molar-refractivity contribution in [1.29, 1.82) is 0 Å². The Morgan fingerprint density at radius 3 is 1.75 bits per heavy atom. The van der Waals surface area contributed by atoms with Gasteiger partial charge in [-0.25, -0.2) is 0 Å². The Morgan fingerprint density at radius 1 is 1.58 bits per heavy atom. The Labute approximate surface area is 92.6 Å². The number of hydrogen-bond donors (Lipinski definition) is 0. The van der Waals surface area contributed by atoms with Crippen molar-refractivity contribution in [2.75, 3.05) is 0 Å². The van der Waals surface area contributed by atoms with Crippen LogP contribution in [-0.2, 0) is 31.0 Å². The van der Waals surface area contributed by atoms with Crippen LogP contribution in [0.25, 0.3) is 0 Å². The van der Waals surface area contributed by atoms with Gasteiger partial charge >= 0.3 is 26.2 Å². The van der Waals surface area contributed by atoms with Crippen molar-refractivity contribution in [2.24, 2.45) is 0 Å². The van der Waals surface area contributed by atoms with Crippen molar-refractivity contribution in [3.05, 3.63) is 12.2 Å². The molecule has 0 spiro atoms. The van der Waals surface area contributed by atoms with Gasteiger partial charge < -0.3 is 15.0 Å². The largest absolute Gasteiger partial charge is 2.00 e. The van der Waals surface area contributed by atoms with Crippen LogP contribution in [0.4, 0.5) is 0 Å². The second-order valence-corrected chi connectivity index (χ2v) is 2.29. The van der Waals surface area contributed by atoms with Crippen LogP contribution in [0.2, 0.25) is 0 Å². The molecule has 0 saturated carbocycles. The maximum Gasteiger partial charge on any atom is 2.00 e. The average Bonchev–Trinajstić information content (AvgIpc) is 1.89. The van der Waals surface area contributed by atoms with E-state index >= 15 is 0 Å². The van der Waals surface area contributed by atoms with Gasteiger partial charge in [-0.1, -0.05) is 26.8 Å². The standard InChI is InChI=1S/C4H6O2.C4H9O.Zr/c1-3(2)4(5)6;1-3-4(2)5;/h1H2,2H3,(H,5,6);4H,3H2,1-2H3;/q;-1;+2/p-1. The van der Waals surface area contributed by atoms with Crippen molar-refractivity contribution in [3.8, 4) is 0 Å². The molecule has 0 aliphatic heterocycles. The second-order valence-electron chi connectivity index (χ2n) is 2.29. The molecular formula is C8H14O3Zr. The van der Waals surface area contributed by atoms with Gasteiger partial charge in [0, 0.05) is 0 Å². The van der Waals surface area contributed by atoms with Gasteiger partial charge in [-0.15, -0.1) is 6.10 Å². The molecule has 0 bridgehead atoms. The van der Waals surface area contributed by atoms with Crippen LogP contribution in [0.3, 0.4) is 0 Å². The molecular weight excluding hydrogens is 235 g/mol. The number of aliphatic carboxylic acids is 1. The summed E-state index contributed by atoms with van der Waals surface area (Å²) in [6.45, 7) is 8.03. The Balaban J connectivity index is -0.000000126. The molecule has 3 nitrogen and oxygen atoms in total. The molecule has 0 rings (SSSR count). The fourth-order valence-corrected chi connectivity index (χ4v) is 0. The first-order valence-electron chi connectivity index (χ1n) is 3.44. The number of carbonyl (C=O) groups excluding carboxylic acids is 1. The molecule has 0 aromatic rings. The molecule has 0 amide bonds. The van der Waals surface area contributed by atoms with Gasteiger partial charge in [0.15, 0.2) is 0 Å². The minimum Gasteiger partial charge on any atom is -0.852 e. The van der Waals surface area contributed by atoms with E-state index in [1.165, 1.54) is 6.92 Å². The molecule has 12 heavy (non-hydrogen) atoms. The number of hydrogen-bond acceptors (Lipinski definition) is 3. The van der Waals surface area contributed by atoms with E-state index in [4.69, 9.17) is 0 Å². The van der Waals surface area contributed by atoms with E-state index < -0.39 is 5.97 Å². The smallest absolute Gasteiger partial charge is 0.852 e. The zero-order valence-corrected chi connectivity index (χ0v) is 10.2. The summed E-state index contributed by atoms with van der Waals surface area (Å²) in [6, 6.07) is 0. The first kappa shape index (κ1) is 18.0. The monoisotopic (exact) mass is 248 g/mol. The van der Waals surface area contributed by atoms with Gasteiger partial charge in [-0.3, -0.25) is 0 Å². The Hall–Kier alpha value is 0.0531. The van der Waals surface area contributed by atoms with Gasteiger partial charge in [0.1, 0.15) is 0 Å². The van der Waals surface area contributed by atoms with E-state index in [0.717, 1.165) is 6.42 Å². The molecule has 0 N–H and O–H groups in total. The van der Waals surface area contributed by atoms with Gasteiger partial charge in [-0.05, 0) is 12.5 Å². The molecule has 0 aliphatic rings. The SMILES string of the molecule is C=C(C)C(=O)[O-].CCC(C)[O-].[Zr+2]. The summed E-state index contributed by atoms with van der Waals surface area (Å²) < 4.78 is 0. The molecule has 0 aromatic carbocycles. The summed E-state index contributed by atoms with van der Waals surface area (Å²) in [5, 5.41) is 19.4. The van der Waals surface area contributed by atoms with Crippen LogP contribution >= 0.6 is 0 Å². The molecule has 0 aromatic heterocycles. The van der Waals surface area contributed by atoms with Gasteiger partial charge in [0.05, 0.1) is 5.97 Å². The normalized spacial score (nSPS) is 10.0. The molecule has 0 aliphatic carbocycles. The number of carboxylic acids is 1. The average molecular weight is 249 g/mol. The zero-order valence-electron chi connectivity index (χ0n) is 7.72. The minimum atomic E-state index is -1.19. The molecule has 0 saturated heterocycles. The quantitative estimate of drug-likeness (QED) is 0.617. The maximum absolute atomic E-state index is 9.90. The molecule has 1 atom stereocenters. The third kappa shape index (κ3) is 22.5. The maximum atomic E-state index is 9.90. The molecule has 68 valence electrons. The van der Waals surface area contributed by atoms with E-state index in [2.05, 4.69) is 6.58 Å². The Kier molecular flexibility index (Phi) is 16.5. The van der Waals surface area contributed by atoms with Crippen molar-refractivity contribution in [1.82, 2.24) is 0 Å². The zero-order chi connectivity index (χ0) is 9.44. The van der Waals surface area contributed by atoms with Crippen molar-refractivity contribution in [2.45, 2.75) is 33.3 Å². The summed E-state index contributed by atoms with van der Waals surface area (Å²) in [5.74, 6) is -1.19. The molecule has 0 heterocycles. The summed E-state index contributed by atoms with van der Waals surface area (Å²) in [6.07, 6.45) is 0.384. The summed E-state index contributed by atoms with van der Waals surface area (Å²) in [5.41, 5.74) is 0.0648. The number of carbonyl (C=O) groups is 1. The predicted octanol–water partition coefficient (Wildman–Crippen LogP) is -0.545. The topological polar surface area (TPSA) is 63.2 Å². The fourth-order valence-electron chi connectivity index (χ4n) is 0. The van der Waals surface area contributed by atoms with E-state index in [1.807, 2.05) is 6.92 Å². The van der Waals surface area contributed by atoms with Crippen LogP contribution in [0, 0.1) is 0 Å². The van der Waals surface area contributed by atoms with Crippen LogP contribution in [0.15, 0.2) is 12.2 Å². The Morgan fingerprint density at radius 2 is 1.75 bits per heavy atom. The third-order valence-corrected chi connectivity index (χ3v) is 0.923. The summed E-state index contributed by atoms with van der Waals surface area (Å²) in [4.78, 5) is 9.49. The van der Waals surface area contributed by atoms with E-state index in [1.54, 1.807) is 6.92 Å². The second kappa shape index (κ2) is 11.1. The van der Waals surface area contributed by atoms with Crippen molar-refractivity contribution in [3.63, 3.8) is 0 Å². The third-order valence-electron chi connectivity index (χ3n) is 0.923. The van der Waals surface area contributed by atoms with Gasteiger partial charge in [0.25, 0.3) is 0 Å². The Bertz CT molecular complexity index is 120. The number of rotatable bonds is 2. The van der Waals surface area contributed by atoms with Gasteiger partial charge in [0.2, 0.25) is 0 Å². The van der Waals surface area contributed by atoms with E-state index in [0.29, 0.717) is 0 Å². The van der Waals surface area contributed by atoms with Crippen molar-refractivity contribution < 1.29 is 41.2 Å². The van der Waals surface area contributed by atoms with E-state index in [-0.39, 0.29) is 37.9 Å².